The maximum atomic E-state index is 12.0. The summed E-state index contributed by atoms with van der Waals surface area (Å²) in [6.45, 7) is -1.36. The van der Waals surface area contributed by atoms with E-state index in [0.717, 1.165) is 6.20 Å². The summed E-state index contributed by atoms with van der Waals surface area (Å²) >= 11 is 0. The zero-order chi connectivity index (χ0) is 20.4. The predicted octanol–water partition coefficient (Wildman–Crippen LogP) is -2.82. The molecule has 1 aromatic heterocycles. The minimum Gasteiger partial charge on any atom is -0.394 e. The van der Waals surface area contributed by atoms with Gasteiger partial charge in [-0.05, 0) is 0 Å². The summed E-state index contributed by atoms with van der Waals surface area (Å²) in [7, 11) is 0. The quantitative estimate of drug-likeness (QED) is 0.347. The first-order chi connectivity index (χ1) is 12.6. The number of aromatic amines is 1. The molecule has 2 rings (SSSR count). The second-order valence-corrected chi connectivity index (χ2v) is 5.42. The number of amides is 1. The zero-order valence-corrected chi connectivity index (χ0v) is 13.4. The van der Waals surface area contributed by atoms with Gasteiger partial charge >= 0.3 is 17.8 Å². The number of aliphatic hydroxyl groups is 3. The fourth-order valence-electron chi connectivity index (χ4n) is 2.24. The summed E-state index contributed by atoms with van der Waals surface area (Å²) in [5.41, 5.74) is -2.34. The van der Waals surface area contributed by atoms with Gasteiger partial charge in [-0.3, -0.25) is 19.1 Å². The highest BCUT2D eigenvalue weighted by atomic mass is 19.4. The second kappa shape index (κ2) is 7.92. The summed E-state index contributed by atoms with van der Waals surface area (Å²) in [6.07, 6.45) is -9.90. The molecule has 1 aromatic rings. The van der Waals surface area contributed by atoms with Crippen LogP contribution in [0.5, 0.6) is 0 Å². The van der Waals surface area contributed by atoms with Crippen LogP contribution in [0.25, 0.3) is 0 Å². The van der Waals surface area contributed by atoms with E-state index in [4.69, 9.17) is 9.84 Å². The Morgan fingerprint density at radius 2 is 2.00 bits per heavy atom. The van der Waals surface area contributed by atoms with Crippen LogP contribution < -0.4 is 16.6 Å². The Morgan fingerprint density at radius 3 is 2.56 bits per heavy atom. The van der Waals surface area contributed by atoms with E-state index >= 15 is 0 Å². The second-order valence-electron chi connectivity index (χ2n) is 5.42. The van der Waals surface area contributed by atoms with Crippen LogP contribution in [0, 0.1) is 11.8 Å². The van der Waals surface area contributed by atoms with Gasteiger partial charge in [-0.2, -0.15) is 13.2 Å². The molecule has 10 nitrogen and oxygen atoms in total. The minimum absolute atomic E-state index is 0.367. The van der Waals surface area contributed by atoms with Gasteiger partial charge in [0.2, 0.25) is 0 Å². The van der Waals surface area contributed by atoms with Crippen molar-refractivity contribution in [2.75, 3.05) is 13.2 Å². The van der Waals surface area contributed by atoms with Crippen LogP contribution in [0.4, 0.5) is 13.2 Å². The highest BCUT2D eigenvalue weighted by Gasteiger charge is 2.43. The average Bonchev–Trinajstić information content (AvgIpc) is 2.87. The molecule has 27 heavy (non-hydrogen) atoms. The fourth-order valence-corrected chi connectivity index (χ4v) is 2.24. The Balaban J connectivity index is 2.23. The normalized spacial score (nSPS) is 25.0. The van der Waals surface area contributed by atoms with Gasteiger partial charge < -0.3 is 25.4 Å². The topological polar surface area (TPSA) is 154 Å². The van der Waals surface area contributed by atoms with Crippen LogP contribution in [0.3, 0.4) is 0 Å². The Bertz CT molecular complexity index is 883. The van der Waals surface area contributed by atoms with Crippen LogP contribution in [0.2, 0.25) is 0 Å². The van der Waals surface area contributed by atoms with Crippen LogP contribution in [-0.4, -0.2) is 68.4 Å². The fraction of sp³-hybridized carbons (Fsp3) is 0.500. The number of aromatic nitrogens is 2. The Kier molecular flexibility index (Phi) is 6.06. The zero-order valence-electron chi connectivity index (χ0n) is 13.4. The monoisotopic (exact) mass is 393 g/mol. The van der Waals surface area contributed by atoms with Crippen molar-refractivity contribution in [3.63, 3.8) is 0 Å². The van der Waals surface area contributed by atoms with Gasteiger partial charge in [0.25, 0.3) is 5.56 Å². The number of alkyl halides is 3. The number of halogens is 3. The summed E-state index contributed by atoms with van der Waals surface area (Å²) < 4.78 is 42.0. The van der Waals surface area contributed by atoms with E-state index < -0.39 is 61.0 Å². The molecule has 148 valence electrons. The molecule has 5 N–H and O–H groups in total. The Labute approximate surface area is 148 Å². The number of nitrogens with zero attached hydrogens (tertiary/aromatic N) is 1. The summed E-state index contributed by atoms with van der Waals surface area (Å²) in [6, 6.07) is 0. The number of nitrogens with one attached hydrogen (secondary N) is 2. The number of aliphatic hydroxyl groups excluding tert-OH is 3. The molecule has 1 saturated heterocycles. The lowest BCUT2D eigenvalue weighted by atomic mass is 10.1. The molecule has 4 atom stereocenters. The highest BCUT2D eigenvalue weighted by molar-refractivity contribution is 5.81. The van der Waals surface area contributed by atoms with Crippen molar-refractivity contribution >= 4 is 5.91 Å². The van der Waals surface area contributed by atoms with E-state index in [2.05, 4.69) is 11.8 Å². The Morgan fingerprint density at radius 1 is 1.33 bits per heavy atom. The van der Waals surface area contributed by atoms with E-state index in [1.807, 2.05) is 4.98 Å². The molecular formula is C14H14F3N3O7. The predicted molar refractivity (Wildman–Crippen MR) is 80.3 cm³/mol. The Hall–Kier alpha value is -2.66. The van der Waals surface area contributed by atoms with Crippen molar-refractivity contribution in [3.05, 3.63) is 32.6 Å². The number of hydrogen-bond acceptors (Lipinski definition) is 7. The number of carbonyl (C=O) groups excluding carboxylic acids is 1. The molecule has 1 fully saturated rings. The van der Waals surface area contributed by atoms with Crippen LogP contribution in [0.15, 0.2) is 15.8 Å². The first kappa shape index (κ1) is 20.6. The van der Waals surface area contributed by atoms with Crippen LogP contribution in [-0.2, 0) is 9.53 Å². The molecule has 0 radical (unpaired) electrons. The number of carbonyl (C=O) groups is 1. The summed E-state index contributed by atoms with van der Waals surface area (Å²) in [5, 5.41) is 30.2. The molecule has 0 saturated carbocycles. The van der Waals surface area contributed by atoms with Gasteiger partial charge in [0.15, 0.2) is 6.23 Å². The summed E-state index contributed by atoms with van der Waals surface area (Å²) in [4.78, 5) is 36.1. The van der Waals surface area contributed by atoms with Gasteiger partial charge in [-0.15, -0.1) is 0 Å². The van der Waals surface area contributed by atoms with E-state index in [1.165, 1.54) is 5.32 Å². The summed E-state index contributed by atoms with van der Waals surface area (Å²) in [5.74, 6) is 2.08. The third-order valence-electron chi connectivity index (χ3n) is 3.58. The van der Waals surface area contributed by atoms with Gasteiger partial charge in [-0.25, -0.2) is 4.79 Å². The maximum absolute atomic E-state index is 12.0. The smallest absolute Gasteiger partial charge is 0.394 e. The van der Waals surface area contributed by atoms with Crippen LogP contribution >= 0.6 is 0 Å². The minimum atomic E-state index is -5.08. The van der Waals surface area contributed by atoms with Crippen molar-refractivity contribution in [2.24, 2.45) is 0 Å². The standard InChI is InChI=1S/C14H14F3N3O7/c15-14(16,17)12(25)18-3-1-2-6-4-20(13(26)19-10(6)24)11-9(23)8(22)7(5-21)27-11/h4,7-9,11,21-23H,3,5H2,(H,18,25)(H,19,24,26). The molecule has 1 aliphatic rings. The van der Waals surface area contributed by atoms with Gasteiger partial charge in [-0.1, -0.05) is 11.8 Å². The van der Waals surface area contributed by atoms with Crippen molar-refractivity contribution < 1.29 is 38.0 Å². The molecule has 1 amide bonds. The third kappa shape index (κ3) is 4.55. The molecule has 13 heteroatoms. The number of ether oxygens (including phenoxy) is 1. The first-order valence-electron chi connectivity index (χ1n) is 7.38. The maximum Gasteiger partial charge on any atom is 0.471 e. The van der Waals surface area contributed by atoms with Crippen molar-refractivity contribution in [3.8, 4) is 11.8 Å². The largest absolute Gasteiger partial charge is 0.471 e. The van der Waals surface area contributed by atoms with Crippen LogP contribution in [0.1, 0.15) is 11.8 Å². The van der Waals surface area contributed by atoms with Crippen molar-refractivity contribution in [2.45, 2.75) is 30.7 Å². The number of H-pyrrole nitrogens is 1. The molecule has 0 spiro atoms. The molecule has 0 bridgehead atoms. The average molecular weight is 393 g/mol. The number of rotatable bonds is 3. The van der Waals surface area contributed by atoms with E-state index in [-0.39, 0.29) is 5.56 Å². The van der Waals surface area contributed by atoms with Gasteiger partial charge in [0.05, 0.1) is 13.2 Å². The van der Waals surface area contributed by atoms with E-state index in [0.29, 0.717) is 4.57 Å². The lowest BCUT2D eigenvalue weighted by molar-refractivity contribution is -0.173. The molecule has 0 aliphatic carbocycles. The van der Waals surface area contributed by atoms with E-state index in [1.54, 1.807) is 0 Å². The van der Waals surface area contributed by atoms with Crippen molar-refractivity contribution in [1.29, 1.82) is 0 Å². The molecule has 1 aliphatic heterocycles. The molecule has 0 aromatic carbocycles. The third-order valence-corrected chi connectivity index (χ3v) is 3.58. The number of hydrogen-bond donors (Lipinski definition) is 5. The lowest BCUT2D eigenvalue weighted by Crippen LogP contribution is -2.38. The highest BCUT2D eigenvalue weighted by Crippen LogP contribution is 2.27. The SMILES string of the molecule is O=C(NCC#Cc1cn(C2OC(CO)C(O)C2O)c(=O)[nH]c1=O)C(F)(F)F. The van der Waals surface area contributed by atoms with Crippen molar-refractivity contribution in [1.82, 2.24) is 14.9 Å². The molecular weight excluding hydrogens is 379 g/mol. The van der Waals surface area contributed by atoms with E-state index in [9.17, 15) is 37.8 Å². The lowest BCUT2D eigenvalue weighted by Gasteiger charge is -2.17. The first-order valence-corrected chi connectivity index (χ1v) is 7.38. The van der Waals surface area contributed by atoms with Gasteiger partial charge in [0.1, 0.15) is 23.9 Å². The van der Waals surface area contributed by atoms with Gasteiger partial charge in [0, 0.05) is 6.20 Å². The molecule has 4 unspecified atom stereocenters. The molecule has 2 heterocycles.